The molecule has 0 saturated heterocycles. The molecule has 0 bridgehead atoms. The van der Waals surface area contributed by atoms with Gasteiger partial charge in [-0.2, -0.15) is 4.98 Å². The van der Waals surface area contributed by atoms with Gasteiger partial charge in [-0.25, -0.2) is 0 Å². The van der Waals surface area contributed by atoms with E-state index in [0.29, 0.717) is 5.69 Å². The molecule has 2 aromatic rings. The van der Waals surface area contributed by atoms with Gasteiger partial charge in [0.05, 0.1) is 7.11 Å². The highest BCUT2D eigenvalue weighted by Crippen LogP contribution is 2.33. The van der Waals surface area contributed by atoms with E-state index in [-0.39, 0.29) is 6.01 Å². The van der Waals surface area contributed by atoms with Gasteiger partial charge in [-0.05, 0) is 31.0 Å². The molecule has 2 rings (SSSR count). The fraction of sp³-hybridized carbons (Fsp3) is 0.250. The molecule has 1 aromatic heterocycles. The molecule has 0 unspecified atom stereocenters. The number of aromatic nitrogens is 1. The van der Waals surface area contributed by atoms with Crippen molar-refractivity contribution in [2.24, 2.45) is 0 Å². The second-order valence-electron chi connectivity index (χ2n) is 3.73. The minimum atomic E-state index is 0.163. The molecule has 0 atom stereocenters. The first kappa shape index (κ1) is 10.5. The zero-order valence-corrected chi connectivity index (χ0v) is 9.57. The molecule has 1 heterocycles. The molecule has 0 aliphatic heterocycles. The molecule has 4 nitrogen and oxygen atoms in total. The largest absolute Gasteiger partial charge is 0.496 e. The average molecular weight is 218 g/mol. The van der Waals surface area contributed by atoms with Gasteiger partial charge in [0, 0.05) is 5.56 Å². The van der Waals surface area contributed by atoms with Gasteiger partial charge in [0.25, 0.3) is 6.01 Å². The molecular formula is C12H14N2O2. The summed E-state index contributed by atoms with van der Waals surface area (Å²) in [6.45, 7) is 4.03. The SMILES string of the molecule is COc1c(C)cc(C)cc1-c1coc(N)n1. The summed E-state index contributed by atoms with van der Waals surface area (Å²) in [6.07, 6.45) is 1.53. The number of benzene rings is 1. The number of aryl methyl sites for hydroxylation is 2. The highest BCUT2D eigenvalue weighted by Gasteiger charge is 2.12. The maximum Gasteiger partial charge on any atom is 0.292 e. The van der Waals surface area contributed by atoms with Gasteiger partial charge in [0.1, 0.15) is 17.7 Å². The highest BCUT2D eigenvalue weighted by molar-refractivity contribution is 5.70. The smallest absolute Gasteiger partial charge is 0.292 e. The molecule has 0 radical (unpaired) electrons. The zero-order chi connectivity index (χ0) is 11.7. The van der Waals surface area contributed by atoms with Crippen molar-refractivity contribution in [3.63, 3.8) is 0 Å². The topological polar surface area (TPSA) is 61.3 Å². The Balaban J connectivity index is 2.63. The third-order valence-corrected chi connectivity index (χ3v) is 2.42. The first-order chi connectivity index (χ1) is 7.61. The van der Waals surface area contributed by atoms with Crippen LogP contribution in [0.5, 0.6) is 5.75 Å². The third-order valence-electron chi connectivity index (χ3n) is 2.42. The average Bonchev–Trinajstić information content (AvgIpc) is 2.63. The summed E-state index contributed by atoms with van der Waals surface area (Å²) in [4.78, 5) is 4.10. The van der Waals surface area contributed by atoms with Crippen LogP contribution >= 0.6 is 0 Å². The molecule has 0 aliphatic carbocycles. The highest BCUT2D eigenvalue weighted by atomic mass is 16.5. The Hall–Kier alpha value is -1.97. The van der Waals surface area contributed by atoms with Gasteiger partial charge in [-0.1, -0.05) is 6.07 Å². The van der Waals surface area contributed by atoms with Crippen LogP contribution in [0.4, 0.5) is 6.01 Å². The van der Waals surface area contributed by atoms with Crippen molar-refractivity contribution < 1.29 is 9.15 Å². The number of nitrogens with zero attached hydrogens (tertiary/aromatic N) is 1. The van der Waals surface area contributed by atoms with Gasteiger partial charge >= 0.3 is 0 Å². The Morgan fingerprint density at radius 3 is 2.62 bits per heavy atom. The van der Waals surface area contributed by atoms with Crippen LogP contribution in [-0.2, 0) is 0 Å². The lowest BCUT2D eigenvalue weighted by molar-refractivity contribution is 0.413. The molecule has 0 saturated carbocycles. The van der Waals surface area contributed by atoms with Crippen LogP contribution in [0, 0.1) is 13.8 Å². The van der Waals surface area contributed by atoms with Crippen LogP contribution in [0.25, 0.3) is 11.3 Å². The lowest BCUT2D eigenvalue weighted by Crippen LogP contribution is -1.93. The van der Waals surface area contributed by atoms with E-state index in [9.17, 15) is 0 Å². The Kier molecular flexibility index (Phi) is 2.56. The van der Waals surface area contributed by atoms with E-state index in [1.165, 1.54) is 6.26 Å². The van der Waals surface area contributed by atoms with Crippen molar-refractivity contribution in [2.45, 2.75) is 13.8 Å². The summed E-state index contributed by atoms with van der Waals surface area (Å²) in [6, 6.07) is 4.23. The van der Waals surface area contributed by atoms with Crippen molar-refractivity contribution in [2.75, 3.05) is 12.8 Å². The Morgan fingerprint density at radius 2 is 2.06 bits per heavy atom. The Bertz CT molecular complexity index is 518. The van der Waals surface area contributed by atoms with Gasteiger partial charge in [-0.15, -0.1) is 0 Å². The van der Waals surface area contributed by atoms with Crippen LogP contribution in [0.3, 0.4) is 0 Å². The van der Waals surface area contributed by atoms with Gasteiger partial charge < -0.3 is 14.9 Å². The number of methoxy groups -OCH3 is 1. The van der Waals surface area contributed by atoms with Gasteiger partial charge in [0.15, 0.2) is 0 Å². The molecule has 1 aromatic carbocycles. The van der Waals surface area contributed by atoms with Gasteiger partial charge in [0.2, 0.25) is 0 Å². The van der Waals surface area contributed by atoms with Gasteiger partial charge in [-0.3, -0.25) is 0 Å². The van der Waals surface area contributed by atoms with Crippen LogP contribution in [0.2, 0.25) is 0 Å². The van der Waals surface area contributed by atoms with Crippen LogP contribution in [0.15, 0.2) is 22.8 Å². The van der Waals surface area contributed by atoms with Crippen molar-refractivity contribution in [3.8, 4) is 17.0 Å². The quantitative estimate of drug-likeness (QED) is 0.841. The number of oxazole rings is 1. The van der Waals surface area contributed by atoms with E-state index >= 15 is 0 Å². The van der Waals surface area contributed by atoms with Crippen molar-refractivity contribution >= 4 is 6.01 Å². The molecule has 16 heavy (non-hydrogen) atoms. The number of nitrogens with two attached hydrogens (primary N) is 1. The standard InChI is InChI=1S/C12H14N2O2/c1-7-4-8(2)11(15-3)9(5-7)10-6-16-12(13)14-10/h4-6H,1-3H3,(H2,13,14). The molecule has 0 fully saturated rings. The number of hydrogen-bond donors (Lipinski definition) is 1. The van der Waals surface area contributed by atoms with Crippen LogP contribution in [-0.4, -0.2) is 12.1 Å². The summed E-state index contributed by atoms with van der Waals surface area (Å²) >= 11 is 0. The molecule has 2 N–H and O–H groups in total. The summed E-state index contributed by atoms with van der Waals surface area (Å²) in [5.74, 6) is 0.805. The summed E-state index contributed by atoms with van der Waals surface area (Å²) in [5, 5.41) is 0. The normalized spacial score (nSPS) is 10.4. The summed E-state index contributed by atoms with van der Waals surface area (Å²) in [5.41, 5.74) is 9.28. The molecule has 4 heteroatoms. The molecule has 84 valence electrons. The van der Waals surface area contributed by atoms with E-state index in [0.717, 1.165) is 22.4 Å². The number of hydrogen-bond acceptors (Lipinski definition) is 4. The van der Waals surface area contributed by atoms with E-state index in [2.05, 4.69) is 11.1 Å². The molecule has 0 amide bonds. The fourth-order valence-electron chi connectivity index (χ4n) is 1.83. The summed E-state index contributed by atoms with van der Waals surface area (Å²) < 4.78 is 10.4. The maximum absolute atomic E-state index is 5.46. The lowest BCUT2D eigenvalue weighted by Gasteiger charge is -2.10. The number of rotatable bonds is 2. The predicted octanol–water partition coefficient (Wildman–Crippen LogP) is 2.55. The second-order valence-corrected chi connectivity index (χ2v) is 3.73. The maximum atomic E-state index is 5.46. The lowest BCUT2D eigenvalue weighted by atomic mass is 10.0. The Labute approximate surface area is 94.1 Å². The minimum absolute atomic E-state index is 0.163. The number of nitrogen functional groups attached to an aromatic ring is 1. The molecule has 0 spiro atoms. The molecular weight excluding hydrogens is 204 g/mol. The van der Waals surface area contributed by atoms with E-state index in [1.807, 2.05) is 19.9 Å². The second kappa shape index (κ2) is 3.89. The van der Waals surface area contributed by atoms with Crippen molar-refractivity contribution in [3.05, 3.63) is 29.5 Å². The predicted molar refractivity (Wildman–Crippen MR) is 62.4 cm³/mol. The first-order valence-corrected chi connectivity index (χ1v) is 4.98. The van der Waals surface area contributed by atoms with Crippen LogP contribution in [0.1, 0.15) is 11.1 Å². The number of anilines is 1. The van der Waals surface area contributed by atoms with E-state index in [4.69, 9.17) is 14.9 Å². The van der Waals surface area contributed by atoms with Crippen molar-refractivity contribution in [1.82, 2.24) is 4.98 Å². The monoisotopic (exact) mass is 218 g/mol. The number of ether oxygens (including phenoxy) is 1. The van der Waals surface area contributed by atoms with E-state index < -0.39 is 0 Å². The van der Waals surface area contributed by atoms with Crippen LogP contribution < -0.4 is 10.5 Å². The third kappa shape index (κ3) is 1.74. The minimum Gasteiger partial charge on any atom is -0.496 e. The fourth-order valence-corrected chi connectivity index (χ4v) is 1.83. The Morgan fingerprint density at radius 1 is 1.31 bits per heavy atom. The first-order valence-electron chi connectivity index (χ1n) is 4.98. The van der Waals surface area contributed by atoms with Crippen molar-refractivity contribution in [1.29, 1.82) is 0 Å². The zero-order valence-electron chi connectivity index (χ0n) is 9.57. The summed E-state index contributed by atoms with van der Waals surface area (Å²) in [7, 11) is 1.64. The molecule has 0 aliphatic rings. The van der Waals surface area contributed by atoms with E-state index in [1.54, 1.807) is 7.11 Å².